The van der Waals surface area contributed by atoms with Gasteiger partial charge in [-0.1, -0.05) is 58.2 Å². The highest BCUT2D eigenvalue weighted by Crippen LogP contribution is 2.45. The summed E-state index contributed by atoms with van der Waals surface area (Å²) in [6, 6.07) is 0.603. The van der Waals surface area contributed by atoms with Gasteiger partial charge in [0.2, 0.25) is 0 Å². The van der Waals surface area contributed by atoms with Gasteiger partial charge in [0.15, 0.2) is 5.78 Å². The van der Waals surface area contributed by atoms with Crippen LogP contribution in [0.3, 0.4) is 0 Å². The molecule has 0 aromatic heterocycles. The molecule has 0 aromatic carbocycles. The predicted molar refractivity (Wildman–Crippen MR) is 94.0 cm³/mol. The first-order chi connectivity index (χ1) is 10.1. The Balaban J connectivity index is 3.18. The van der Waals surface area contributed by atoms with Gasteiger partial charge in [-0.15, -0.1) is 0 Å². The van der Waals surface area contributed by atoms with E-state index in [0.29, 0.717) is 46.7 Å². The van der Waals surface area contributed by atoms with Gasteiger partial charge in [-0.3, -0.25) is 4.79 Å². The fraction of sp³-hybridized carbons (Fsp3) is 0.778. The van der Waals surface area contributed by atoms with Crippen molar-refractivity contribution in [3.05, 3.63) is 11.1 Å². The minimum atomic E-state index is -1.82. The molecule has 126 valence electrons. The number of carboxylic acids is 1. The standard InChI is InChI=1S/C18H32O3Si/c1-12(2)22(13(3)4,14(5)6)11-17(19)15-9-7-8-10-16(15)18(20)21/h12-14H,7-11H2,1-6H3,(H,20,21). The number of hydrogen-bond acceptors (Lipinski definition) is 2. The normalized spacial score (nSPS) is 16.8. The number of Topliss-reactive ketones (excluding diaryl/α,β-unsaturated/α-hetero) is 1. The molecular weight excluding hydrogens is 292 g/mol. The van der Waals surface area contributed by atoms with Crippen LogP contribution in [-0.4, -0.2) is 24.9 Å². The molecule has 1 N–H and O–H groups in total. The van der Waals surface area contributed by atoms with Crippen molar-refractivity contribution in [3.8, 4) is 0 Å². The van der Waals surface area contributed by atoms with Crippen LogP contribution >= 0.6 is 0 Å². The molecule has 0 saturated carbocycles. The molecule has 0 aromatic rings. The minimum Gasteiger partial charge on any atom is -0.478 e. The summed E-state index contributed by atoms with van der Waals surface area (Å²) in [5, 5.41) is 9.38. The first kappa shape index (κ1) is 19.1. The second kappa shape index (κ2) is 7.58. The highest BCUT2D eigenvalue weighted by molar-refractivity contribution is 6.86. The van der Waals surface area contributed by atoms with Crippen molar-refractivity contribution < 1.29 is 14.7 Å². The van der Waals surface area contributed by atoms with Crippen molar-refractivity contribution in [2.45, 2.75) is 89.9 Å². The Bertz CT molecular complexity index is 439. The molecule has 0 unspecified atom stereocenters. The molecule has 0 amide bonds. The van der Waals surface area contributed by atoms with E-state index in [2.05, 4.69) is 41.5 Å². The van der Waals surface area contributed by atoms with Gasteiger partial charge >= 0.3 is 5.97 Å². The number of aliphatic carboxylic acids is 1. The Kier molecular flexibility index (Phi) is 6.60. The van der Waals surface area contributed by atoms with Crippen LogP contribution in [0.15, 0.2) is 11.1 Å². The van der Waals surface area contributed by atoms with Crippen LogP contribution < -0.4 is 0 Å². The summed E-state index contributed by atoms with van der Waals surface area (Å²) in [4.78, 5) is 24.4. The SMILES string of the molecule is CC(C)[Si](CC(=O)C1=C(C(=O)O)CCCC1)(C(C)C)C(C)C. The molecule has 3 nitrogen and oxygen atoms in total. The summed E-state index contributed by atoms with van der Waals surface area (Å²) in [6.07, 6.45) is 3.03. The molecule has 0 aliphatic heterocycles. The zero-order valence-electron chi connectivity index (χ0n) is 15.0. The van der Waals surface area contributed by atoms with Crippen LogP contribution in [0.1, 0.15) is 67.2 Å². The number of hydrogen-bond donors (Lipinski definition) is 1. The van der Waals surface area contributed by atoms with E-state index < -0.39 is 14.0 Å². The number of allylic oxidation sites excluding steroid dienone is 1. The number of carboxylic acid groups (broad SMARTS) is 1. The number of ketones is 1. The molecule has 22 heavy (non-hydrogen) atoms. The summed E-state index contributed by atoms with van der Waals surface area (Å²) in [7, 11) is -1.82. The largest absolute Gasteiger partial charge is 0.478 e. The van der Waals surface area contributed by atoms with Crippen LogP contribution in [0, 0.1) is 0 Å². The molecule has 1 rings (SSSR count). The molecule has 0 heterocycles. The number of carbonyl (C=O) groups is 2. The lowest BCUT2D eigenvalue weighted by Gasteiger charge is -2.43. The predicted octanol–water partition coefficient (Wildman–Crippen LogP) is 5.19. The minimum absolute atomic E-state index is 0.125. The van der Waals surface area contributed by atoms with Crippen molar-refractivity contribution in [3.63, 3.8) is 0 Å². The van der Waals surface area contributed by atoms with Crippen LogP contribution in [0.25, 0.3) is 0 Å². The van der Waals surface area contributed by atoms with Crippen LogP contribution in [0.5, 0.6) is 0 Å². The number of carbonyl (C=O) groups excluding carboxylic acids is 1. The fourth-order valence-corrected chi connectivity index (χ4v) is 10.4. The molecule has 4 heteroatoms. The van der Waals surface area contributed by atoms with Gasteiger partial charge in [-0.2, -0.15) is 0 Å². The van der Waals surface area contributed by atoms with E-state index in [0.717, 1.165) is 12.8 Å². The highest BCUT2D eigenvalue weighted by atomic mass is 28.3. The molecular formula is C18H32O3Si. The average molecular weight is 325 g/mol. The third-order valence-corrected chi connectivity index (χ3v) is 13.1. The van der Waals surface area contributed by atoms with E-state index in [1.54, 1.807) is 0 Å². The van der Waals surface area contributed by atoms with E-state index in [1.807, 2.05) is 0 Å². The maximum Gasteiger partial charge on any atom is 0.331 e. The maximum absolute atomic E-state index is 13.0. The third kappa shape index (κ3) is 3.70. The van der Waals surface area contributed by atoms with Crippen LogP contribution in [0.2, 0.25) is 22.7 Å². The molecule has 0 spiro atoms. The van der Waals surface area contributed by atoms with Gasteiger partial charge in [0.1, 0.15) is 0 Å². The Hall–Kier alpha value is -0.903. The van der Waals surface area contributed by atoms with Crippen LogP contribution in [0.4, 0.5) is 0 Å². The first-order valence-electron chi connectivity index (χ1n) is 8.63. The van der Waals surface area contributed by atoms with E-state index in [4.69, 9.17) is 0 Å². The monoisotopic (exact) mass is 324 g/mol. The Morgan fingerprint density at radius 1 is 0.909 bits per heavy atom. The fourth-order valence-electron chi connectivity index (χ4n) is 4.45. The van der Waals surface area contributed by atoms with E-state index in [9.17, 15) is 14.7 Å². The second-order valence-corrected chi connectivity index (χ2v) is 13.7. The Labute approximate surface area is 136 Å². The quantitative estimate of drug-likeness (QED) is 0.656. The molecule has 1 aliphatic carbocycles. The van der Waals surface area contributed by atoms with Gasteiger partial charge in [0.05, 0.1) is 8.07 Å². The van der Waals surface area contributed by atoms with Crippen LogP contribution in [-0.2, 0) is 9.59 Å². The van der Waals surface area contributed by atoms with Crippen molar-refractivity contribution in [2.24, 2.45) is 0 Å². The maximum atomic E-state index is 13.0. The summed E-state index contributed by atoms with van der Waals surface area (Å²) in [5.41, 5.74) is 2.57. The zero-order chi connectivity index (χ0) is 17.1. The summed E-state index contributed by atoms with van der Waals surface area (Å²) < 4.78 is 0. The Morgan fingerprint density at radius 2 is 1.32 bits per heavy atom. The summed E-state index contributed by atoms with van der Waals surface area (Å²) in [6.45, 7) is 13.5. The van der Waals surface area contributed by atoms with E-state index in [1.165, 1.54) is 0 Å². The van der Waals surface area contributed by atoms with E-state index in [-0.39, 0.29) is 5.78 Å². The lowest BCUT2D eigenvalue weighted by molar-refractivity contribution is -0.133. The second-order valence-electron chi connectivity index (χ2n) is 7.65. The molecule has 0 atom stereocenters. The lowest BCUT2D eigenvalue weighted by Crippen LogP contribution is -2.46. The lowest BCUT2D eigenvalue weighted by atomic mass is 9.90. The molecule has 0 saturated heterocycles. The summed E-state index contributed by atoms with van der Waals surface area (Å²) >= 11 is 0. The first-order valence-corrected chi connectivity index (χ1v) is 11.1. The molecule has 0 bridgehead atoms. The van der Waals surface area contributed by atoms with Gasteiger partial charge in [0, 0.05) is 17.2 Å². The van der Waals surface area contributed by atoms with Crippen molar-refractivity contribution in [1.29, 1.82) is 0 Å². The smallest absolute Gasteiger partial charge is 0.331 e. The Morgan fingerprint density at radius 3 is 1.68 bits per heavy atom. The zero-order valence-corrected chi connectivity index (χ0v) is 16.0. The van der Waals surface area contributed by atoms with E-state index >= 15 is 0 Å². The molecule has 1 aliphatic rings. The third-order valence-electron chi connectivity index (χ3n) is 5.75. The van der Waals surface area contributed by atoms with Gasteiger partial charge < -0.3 is 5.11 Å². The topological polar surface area (TPSA) is 54.4 Å². The van der Waals surface area contributed by atoms with Crippen molar-refractivity contribution in [1.82, 2.24) is 0 Å². The molecule has 0 fully saturated rings. The van der Waals surface area contributed by atoms with Crippen molar-refractivity contribution >= 4 is 19.8 Å². The van der Waals surface area contributed by atoms with Gasteiger partial charge in [-0.25, -0.2) is 4.79 Å². The van der Waals surface area contributed by atoms with Gasteiger partial charge in [0.25, 0.3) is 0 Å². The molecule has 0 radical (unpaired) electrons. The summed E-state index contributed by atoms with van der Waals surface area (Å²) in [5.74, 6) is -0.770. The highest BCUT2D eigenvalue weighted by Gasteiger charge is 2.44. The number of rotatable bonds is 7. The average Bonchev–Trinajstić information content (AvgIpc) is 2.43. The van der Waals surface area contributed by atoms with Gasteiger partial charge in [-0.05, 0) is 25.7 Å². The van der Waals surface area contributed by atoms with Crippen molar-refractivity contribution in [2.75, 3.05) is 0 Å².